The van der Waals surface area contributed by atoms with Gasteiger partial charge in [0, 0.05) is 23.7 Å². The molecule has 0 saturated heterocycles. The van der Waals surface area contributed by atoms with Crippen LogP contribution in [0.2, 0.25) is 5.02 Å². The molecule has 0 spiro atoms. The van der Waals surface area contributed by atoms with E-state index in [-0.39, 0.29) is 4.90 Å². The highest BCUT2D eigenvalue weighted by Crippen LogP contribution is 2.17. The summed E-state index contributed by atoms with van der Waals surface area (Å²) in [5.74, 6) is 2.83. The van der Waals surface area contributed by atoms with Gasteiger partial charge in [-0.15, -0.1) is 0 Å². The molecule has 3 nitrogen and oxygen atoms in total. The molecule has 0 aromatic heterocycles. The van der Waals surface area contributed by atoms with Gasteiger partial charge in [0.2, 0.25) is 0 Å². The third-order valence-corrected chi connectivity index (χ3v) is 5.18. The second kappa shape index (κ2) is 6.91. The van der Waals surface area contributed by atoms with Crippen LogP contribution in [0.5, 0.6) is 0 Å². The third kappa shape index (κ3) is 3.95. The molecular formula is C18H16ClNO2S. The number of sulfonamides is 1. The largest absolute Gasteiger partial charge is 0.270 e. The molecule has 2 rings (SSSR count). The van der Waals surface area contributed by atoms with Crippen LogP contribution in [0.25, 0.3) is 6.08 Å². The molecule has 0 aliphatic carbocycles. The van der Waals surface area contributed by atoms with Crippen LogP contribution in [0, 0.1) is 18.9 Å². The topological polar surface area (TPSA) is 37.4 Å². The van der Waals surface area contributed by atoms with Crippen molar-refractivity contribution in [1.29, 1.82) is 0 Å². The van der Waals surface area contributed by atoms with E-state index in [1.165, 1.54) is 7.05 Å². The van der Waals surface area contributed by atoms with E-state index in [9.17, 15) is 8.42 Å². The summed E-state index contributed by atoms with van der Waals surface area (Å²) in [5, 5.41) is 0.531. The molecule has 0 aliphatic rings. The fourth-order valence-electron chi connectivity index (χ4n) is 1.88. The first-order valence-electron chi connectivity index (χ1n) is 6.84. The van der Waals surface area contributed by atoms with Crippen molar-refractivity contribution in [3.05, 3.63) is 70.8 Å². The van der Waals surface area contributed by atoms with Crippen molar-refractivity contribution in [3.8, 4) is 12.0 Å². The lowest BCUT2D eigenvalue weighted by Gasteiger charge is -2.12. The maximum absolute atomic E-state index is 12.5. The summed E-state index contributed by atoms with van der Waals surface area (Å²) in [7, 11) is -2.24. The van der Waals surface area contributed by atoms with Gasteiger partial charge in [-0.2, -0.15) is 0 Å². The zero-order chi connectivity index (χ0) is 17.0. The van der Waals surface area contributed by atoms with Gasteiger partial charge in [0.05, 0.1) is 4.90 Å². The van der Waals surface area contributed by atoms with Crippen LogP contribution < -0.4 is 0 Å². The second-order valence-corrected chi connectivity index (χ2v) is 7.36. The van der Waals surface area contributed by atoms with Crippen molar-refractivity contribution < 1.29 is 8.42 Å². The Bertz CT molecular complexity index is 891. The Hall–Kier alpha value is -2.22. The van der Waals surface area contributed by atoms with E-state index in [0.29, 0.717) is 10.6 Å². The number of aryl methyl sites for hydroxylation is 1. The molecule has 0 bridgehead atoms. The Morgan fingerprint density at radius 3 is 2.43 bits per heavy atom. The van der Waals surface area contributed by atoms with E-state index in [4.69, 9.17) is 11.6 Å². The molecule has 5 heteroatoms. The predicted molar refractivity (Wildman–Crippen MR) is 94.5 cm³/mol. The van der Waals surface area contributed by atoms with Gasteiger partial charge in [-0.25, -0.2) is 12.7 Å². The van der Waals surface area contributed by atoms with Gasteiger partial charge in [-0.1, -0.05) is 48.0 Å². The normalized spacial score (nSPS) is 10.6. The fourth-order valence-corrected chi connectivity index (χ4v) is 3.02. The molecule has 0 amide bonds. The fraction of sp³-hybridized carbons (Fsp3) is 0.111. The molecule has 23 heavy (non-hydrogen) atoms. The molecule has 0 saturated carbocycles. The van der Waals surface area contributed by atoms with Crippen LogP contribution in [0.15, 0.2) is 53.9 Å². The average molecular weight is 346 g/mol. The van der Waals surface area contributed by atoms with Gasteiger partial charge in [-0.05, 0) is 42.7 Å². The summed E-state index contributed by atoms with van der Waals surface area (Å²) in [6.07, 6.45) is 1.65. The van der Waals surface area contributed by atoms with E-state index in [1.54, 1.807) is 48.5 Å². The number of hydrogen-bond acceptors (Lipinski definition) is 2. The Kier molecular flexibility index (Phi) is 5.15. The van der Waals surface area contributed by atoms with E-state index in [0.717, 1.165) is 15.4 Å². The lowest BCUT2D eigenvalue weighted by Crippen LogP contribution is -2.22. The van der Waals surface area contributed by atoms with Gasteiger partial charge in [0.15, 0.2) is 0 Å². The van der Waals surface area contributed by atoms with Crippen LogP contribution >= 0.6 is 11.6 Å². The molecule has 0 unspecified atom stereocenters. The monoisotopic (exact) mass is 345 g/mol. The summed E-state index contributed by atoms with van der Waals surface area (Å²) < 4.78 is 25.9. The zero-order valence-corrected chi connectivity index (χ0v) is 14.4. The van der Waals surface area contributed by atoms with Crippen molar-refractivity contribution in [2.45, 2.75) is 11.8 Å². The first kappa shape index (κ1) is 17.1. The predicted octanol–water partition coefficient (Wildman–Crippen LogP) is 3.92. The van der Waals surface area contributed by atoms with Crippen molar-refractivity contribution in [3.63, 3.8) is 0 Å². The SMILES string of the molecule is C=Cc1ccc(Cl)cc1C#CN(C)S(=O)(=O)c1ccc(C)cc1. The van der Waals surface area contributed by atoms with Crippen molar-refractivity contribution in [2.24, 2.45) is 0 Å². The van der Waals surface area contributed by atoms with Crippen LogP contribution in [-0.4, -0.2) is 19.8 Å². The average Bonchev–Trinajstić information content (AvgIpc) is 2.53. The number of halogens is 1. The van der Waals surface area contributed by atoms with E-state index in [1.807, 2.05) is 6.92 Å². The summed E-state index contributed by atoms with van der Waals surface area (Å²) >= 11 is 5.96. The third-order valence-electron chi connectivity index (χ3n) is 3.26. The molecule has 0 fully saturated rings. The molecule has 2 aromatic rings. The summed E-state index contributed by atoms with van der Waals surface area (Å²) in [6, 6.07) is 14.5. The smallest absolute Gasteiger partial charge is 0.227 e. The highest BCUT2D eigenvalue weighted by molar-refractivity contribution is 7.89. The minimum Gasteiger partial charge on any atom is -0.227 e. The molecule has 2 aromatic carbocycles. The van der Waals surface area contributed by atoms with Crippen molar-refractivity contribution in [2.75, 3.05) is 7.05 Å². The zero-order valence-electron chi connectivity index (χ0n) is 12.9. The standard InChI is InChI=1S/C18H16ClNO2S/c1-4-15-7-8-17(19)13-16(15)11-12-20(3)23(21,22)18-9-5-14(2)6-10-18/h4-10,13H,1H2,2-3H3. The van der Waals surface area contributed by atoms with Gasteiger partial charge < -0.3 is 0 Å². The molecule has 0 heterocycles. The van der Waals surface area contributed by atoms with Crippen LogP contribution in [0.3, 0.4) is 0 Å². The second-order valence-electron chi connectivity index (χ2n) is 4.96. The Morgan fingerprint density at radius 2 is 1.83 bits per heavy atom. The molecule has 0 radical (unpaired) electrons. The highest BCUT2D eigenvalue weighted by Gasteiger charge is 2.18. The summed E-state index contributed by atoms with van der Waals surface area (Å²) in [6.45, 7) is 5.61. The lowest BCUT2D eigenvalue weighted by atomic mass is 10.1. The maximum atomic E-state index is 12.5. The minimum absolute atomic E-state index is 0.204. The Balaban J connectivity index is 2.36. The molecule has 0 atom stereocenters. The van der Waals surface area contributed by atoms with Gasteiger partial charge >= 0.3 is 0 Å². The quantitative estimate of drug-likeness (QED) is 0.624. The molecule has 0 N–H and O–H groups in total. The van der Waals surface area contributed by atoms with Gasteiger partial charge in [0.1, 0.15) is 0 Å². The van der Waals surface area contributed by atoms with E-state index < -0.39 is 10.0 Å². The summed E-state index contributed by atoms with van der Waals surface area (Å²) in [4.78, 5) is 0.204. The maximum Gasteiger partial charge on any atom is 0.270 e. The molecular weight excluding hydrogens is 330 g/mol. The number of rotatable bonds is 3. The van der Waals surface area contributed by atoms with Gasteiger partial charge in [0.25, 0.3) is 10.0 Å². The Morgan fingerprint density at radius 1 is 1.17 bits per heavy atom. The number of hydrogen-bond donors (Lipinski definition) is 0. The van der Waals surface area contributed by atoms with Crippen molar-refractivity contribution >= 4 is 27.7 Å². The van der Waals surface area contributed by atoms with Gasteiger partial charge in [-0.3, -0.25) is 0 Å². The van der Waals surface area contributed by atoms with E-state index >= 15 is 0 Å². The minimum atomic E-state index is -3.65. The summed E-state index contributed by atoms with van der Waals surface area (Å²) in [5.41, 5.74) is 2.41. The first-order chi connectivity index (χ1) is 10.8. The molecule has 118 valence electrons. The number of benzene rings is 2. The molecule has 0 aliphatic heterocycles. The van der Waals surface area contributed by atoms with Crippen LogP contribution in [0.4, 0.5) is 0 Å². The van der Waals surface area contributed by atoms with Crippen molar-refractivity contribution in [1.82, 2.24) is 4.31 Å². The number of nitrogens with zero attached hydrogens (tertiary/aromatic N) is 1. The van der Waals surface area contributed by atoms with E-state index in [2.05, 4.69) is 18.5 Å². The van der Waals surface area contributed by atoms with Crippen LogP contribution in [-0.2, 0) is 10.0 Å². The highest BCUT2D eigenvalue weighted by atomic mass is 35.5. The Labute approximate surface area is 142 Å². The first-order valence-corrected chi connectivity index (χ1v) is 8.65. The lowest BCUT2D eigenvalue weighted by molar-refractivity contribution is 0.547. The van der Waals surface area contributed by atoms with Crippen LogP contribution in [0.1, 0.15) is 16.7 Å².